The molecule has 3 heteroatoms. The molecule has 0 radical (unpaired) electrons. The lowest BCUT2D eigenvalue weighted by Crippen LogP contribution is -3.00. The Bertz CT molecular complexity index is 254. The maximum Gasteiger partial charge on any atom is 0.234 e. The van der Waals surface area contributed by atoms with Gasteiger partial charge in [0.25, 0.3) is 0 Å². The molecule has 0 aliphatic carbocycles. The highest BCUT2D eigenvalue weighted by Crippen LogP contribution is 2.10. The fraction of sp³-hybridized carbons (Fsp3) is 0.944. The van der Waals surface area contributed by atoms with Crippen LogP contribution < -0.4 is 24.0 Å². The largest absolute Gasteiger partial charge is 1.00 e. The van der Waals surface area contributed by atoms with Crippen molar-refractivity contribution in [2.45, 2.75) is 84.5 Å². The lowest BCUT2D eigenvalue weighted by molar-refractivity contribution is -0.513. The molecule has 0 aromatic carbocycles. The fourth-order valence-corrected chi connectivity index (χ4v) is 3.03. The molecule has 0 spiro atoms. The van der Waals surface area contributed by atoms with Crippen molar-refractivity contribution >= 4 is 6.34 Å². The van der Waals surface area contributed by atoms with E-state index in [9.17, 15) is 0 Å². The van der Waals surface area contributed by atoms with E-state index in [1.165, 1.54) is 96.8 Å². The van der Waals surface area contributed by atoms with E-state index in [0.717, 1.165) is 0 Å². The molecule has 1 aliphatic rings. The van der Waals surface area contributed by atoms with Gasteiger partial charge in [-0.1, -0.05) is 65.2 Å². The Kier molecular flexibility index (Phi) is 15.3. The fourth-order valence-electron chi connectivity index (χ4n) is 3.03. The highest BCUT2D eigenvalue weighted by atomic mass is 127. The summed E-state index contributed by atoms with van der Waals surface area (Å²) >= 11 is 0. The maximum absolute atomic E-state index is 2.51. The van der Waals surface area contributed by atoms with Crippen LogP contribution >= 0.6 is 0 Å². The van der Waals surface area contributed by atoms with Crippen LogP contribution in [0.3, 0.4) is 0 Å². The molecule has 0 amide bonds. The Morgan fingerprint density at radius 1 is 0.810 bits per heavy atom. The number of nitrogens with zero attached hydrogens (tertiary/aromatic N) is 2. The molecule has 1 aliphatic heterocycles. The molecule has 0 aromatic heterocycles. The summed E-state index contributed by atoms with van der Waals surface area (Å²) in [5.74, 6) is 0. The zero-order valence-corrected chi connectivity index (χ0v) is 16.6. The van der Waals surface area contributed by atoms with Gasteiger partial charge in [0, 0.05) is 0 Å². The number of unbranched alkanes of at least 4 members (excludes halogenated alkanes) is 9. The second kappa shape index (κ2) is 15.1. The number of hydrogen-bond donors (Lipinski definition) is 0. The predicted octanol–water partition coefficient (Wildman–Crippen LogP) is 1.68. The Labute approximate surface area is 150 Å². The first-order valence-electron chi connectivity index (χ1n) is 9.20. The molecule has 0 bridgehead atoms. The van der Waals surface area contributed by atoms with Gasteiger partial charge in [-0.25, -0.2) is 0 Å². The third kappa shape index (κ3) is 11.4. The highest BCUT2D eigenvalue weighted by molar-refractivity contribution is 5.50. The van der Waals surface area contributed by atoms with Crippen molar-refractivity contribution in [1.29, 1.82) is 0 Å². The molecule has 0 atom stereocenters. The number of hydrogen-bond acceptors (Lipinski definition) is 1. The molecule has 2 nitrogen and oxygen atoms in total. The quantitative estimate of drug-likeness (QED) is 0.255. The van der Waals surface area contributed by atoms with Crippen molar-refractivity contribution < 1.29 is 28.6 Å². The molecule has 0 N–H and O–H groups in total. The third-order valence-electron chi connectivity index (χ3n) is 4.31. The van der Waals surface area contributed by atoms with Crippen molar-refractivity contribution in [3.8, 4) is 0 Å². The van der Waals surface area contributed by atoms with Gasteiger partial charge in [-0.2, -0.15) is 0 Å². The molecule has 0 fully saturated rings. The molecular weight excluding hydrogens is 371 g/mol. The van der Waals surface area contributed by atoms with Crippen LogP contribution in [0.2, 0.25) is 0 Å². The van der Waals surface area contributed by atoms with Crippen molar-refractivity contribution in [3.63, 3.8) is 0 Å². The van der Waals surface area contributed by atoms with Gasteiger partial charge in [0.05, 0.1) is 13.1 Å². The normalized spacial score (nSPS) is 14.2. The van der Waals surface area contributed by atoms with Gasteiger partial charge in [0.15, 0.2) is 0 Å². The van der Waals surface area contributed by atoms with Gasteiger partial charge in [-0.3, -0.25) is 9.48 Å². The van der Waals surface area contributed by atoms with E-state index in [4.69, 9.17) is 0 Å². The van der Waals surface area contributed by atoms with E-state index in [1.807, 2.05) is 0 Å². The van der Waals surface area contributed by atoms with Crippen LogP contribution in [0.25, 0.3) is 0 Å². The molecule has 0 aromatic rings. The van der Waals surface area contributed by atoms with Crippen LogP contribution in [-0.4, -0.2) is 42.0 Å². The van der Waals surface area contributed by atoms with Gasteiger partial charge < -0.3 is 24.0 Å². The Morgan fingerprint density at radius 2 is 1.38 bits per heavy atom. The van der Waals surface area contributed by atoms with E-state index in [1.54, 1.807) is 0 Å². The SMILES string of the molecule is CCCCCCCCCCCCN1C=[N+](CCC)CC1.[I-]. The first-order valence-corrected chi connectivity index (χ1v) is 9.20. The standard InChI is InChI=1S/C18H37N2.HI/c1-3-5-6-7-8-9-10-11-12-13-15-20-17-16-19(18-20)14-4-2;/h18H,3-17H2,1-2H3;1H/q+1;/p-1. The topological polar surface area (TPSA) is 6.25 Å². The summed E-state index contributed by atoms with van der Waals surface area (Å²) in [6.45, 7) is 9.55. The minimum atomic E-state index is 0. The van der Waals surface area contributed by atoms with Crippen molar-refractivity contribution in [2.24, 2.45) is 0 Å². The van der Waals surface area contributed by atoms with Crippen molar-refractivity contribution in [1.82, 2.24) is 4.90 Å². The van der Waals surface area contributed by atoms with Gasteiger partial charge in [0.1, 0.15) is 13.1 Å². The summed E-state index contributed by atoms with van der Waals surface area (Å²) in [4.78, 5) is 2.51. The summed E-state index contributed by atoms with van der Waals surface area (Å²) in [5.41, 5.74) is 0. The van der Waals surface area contributed by atoms with Crippen LogP contribution in [0.1, 0.15) is 84.5 Å². The maximum atomic E-state index is 2.51. The Morgan fingerprint density at radius 3 is 1.95 bits per heavy atom. The molecule has 0 unspecified atom stereocenters. The lowest BCUT2D eigenvalue weighted by atomic mass is 10.1. The van der Waals surface area contributed by atoms with Gasteiger partial charge in [0.2, 0.25) is 6.34 Å². The van der Waals surface area contributed by atoms with E-state index >= 15 is 0 Å². The summed E-state index contributed by atoms with van der Waals surface area (Å²) in [6, 6.07) is 0. The van der Waals surface area contributed by atoms with Gasteiger partial charge in [-0.05, 0) is 19.3 Å². The van der Waals surface area contributed by atoms with E-state index in [2.05, 4.69) is 29.7 Å². The van der Waals surface area contributed by atoms with Crippen LogP contribution in [0.15, 0.2) is 0 Å². The predicted molar refractivity (Wildman–Crippen MR) is 89.8 cm³/mol. The van der Waals surface area contributed by atoms with Gasteiger partial charge >= 0.3 is 0 Å². The Hall–Kier alpha value is 0.200. The zero-order valence-electron chi connectivity index (χ0n) is 14.5. The summed E-state index contributed by atoms with van der Waals surface area (Å²) in [5, 5.41) is 0. The molecule has 1 heterocycles. The second-order valence-electron chi connectivity index (χ2n) is 6.37. The summed E-state index contributed by atoms with van der Waals surface area (Å²) in [7, 11) is 0. The van der Waals surface area contributed by atoms with E-state index < -0.39 is 0 Å². The molecule has 21 heavy (non-hydrogen) atoms. The third-order valence-corrected chi connectivity index (χ3v) is 4.31. The molecule has 126 valence electrons. The molecule has 1 rings (SSSR count). The van der Waals surface area contributed by atoms with Crippen LogP contribution in [-0.2, 0) is 0 Å². The first kappa shape index (κ1) is 21.2. The number of halogens is 1. The van der Waals surface area contributed by atoms with Crippen LogP contribution in [0.4, 0.5) is 0 Å². The minimum Gasteiger partial charge on any atom is -1.00 e. The zero-order chi connectivity index (χ0) is 14.5. The average Bonchev–Trinajstić information content (AvgIpc) is 2.89. The van der Waals surface area contributed by atoms with Crippen LogP contribution in [0, 0.1) is 0 Å². The molecule has 0 saturated heterocycles. The van der Waals surface area contributed by atoms with Crippen molar-refractivity contribution in [2.75, 3.05) is 26.2 Å². The first-order chi connectivity index (χ1) is 9.86. The van der Waals surface area contributed by atoms with E-state index in [-0.39, 0.29) is 24.0 Å². The second-order valence-corrected chi connectivity index (χ2v) is 6.37. The van der Waals surface area contributed by atoms with Crippen molar-refractivity contribution in [3.05, 3.63) is 0 Å². The Balaban J connectivity index is 0.00000400. The van der Waals surface area contributed by atoms with Gasteiger partial charge in [-0.15, -0.1) is 0 Å². The summed E-state index contributed by atoms with van der Waals surface area (Å²) < 4.78 is 2.47. The molecule has 0 saturated carbocycles. The summed E-state index contributed by atoms with van der Waals surface area (Å²) in [6.07, 6.45) is 18.0. The average molecular weight is 408 g/mol. The van der Waals surface area contributed by atoms with Crippen LogP contribution in [0.5, 0.6) is 0 Å². The van der Waals surface area contributed by atoms with E-state index in [0.29, 0.717) is 0 Å². The molecular formula is C18H37IN2. The monoisotopic (exact) mass is 408 g/mol. The lowest BCUT2D eigenvalue weighted by Gasteiger charge is -2.06. The number of rotatable bonds is 13. The highest BCUT2D eigenvalue weighted by Gasteiger charge is 2.17. The minimum absolute atomic E-state index is 0. The smallest absolute Gasteiger partial charge is 0.234 e.